The molecule has 1 saturated heterocycles. The zero-order chi connectivity index (χ0) is 18.4. The summed E-state index contributed by atoms with van der Waals surface area (Å²) in [6.07, 6.45) is 1.54. The van der Waals surface area contributed by atoms with Gasteiger partial charge in [-0.1, -0.05) is 36.1 Å². The van der Waals surface area contributed by atoms with Gasteiger partial charge in [-0.15, -0.1) is 0 Å². The second-order valence-corrected chi connectivity index (χ2v) is 6.94. The lowest BCUT2D eigenvalue weighted by atomic mass is 10.1. The molecule has 1 aliphatic rings. The molecule has 0 aromatic heterocycles. The van der Waals surface area contributed by atoms with Crippen molar-refractivity contribution in [3.63, 3.8) is 0 Å². The van der Waals surface area contributed by atoms with Crippen LogP contribution in [-0.4, -0.2) is 45.5 Å². The number of carbonyl (C=O) groups is 3. The molecule has 2 rings (SSSR count). The van der Waals surface area contributed by atoms with Gasteiger partial charge in [0, 0.05) is 18.8 Å². The van der Waals surface area contributed by atoms with Crippen LogP contribution >= 0.6 is 24.0 Å². The largest absolute Gasteiger partial charge is 0.481 e. The summed E-state index contributed by atoms with van der Waals surface area (Å²) in [5.41, 5.74) is 1.52. The van der Waals surface area contributed by atoms with Crippen LogP contribution in [0.4, 0.5) is 5.69 Å². The molecule has 0 spiro atoms. The Balaban J connectivity index is 2.12. The average molecular weight is 380 g/mol. The molecule has 9 heteroatoms. The Bertz CT molecular complexity index is 713. The fourth-order valence-corrected chi connectivity index (χ4v) is 3.23. The minimum Gasteiger partial charge on any atom is -0.481 e. The zero-order valence-corrected chi connectivity index (χ0v) is 14.7. The molecule has 1 aromatic carbocycles. The number of carbonyl (C=O) groups excluding carboxylic acids is 1. The van der Waals surface area contributed by atoms with E-state index in [0.717, 1.165) is 11.3 Å². The molecule has 0 bridgehead atoms. The highest BCUT2D eigenvalue weighted by atomic mass is 32.2. The predicted octanol–water partition coefficient (Wildman–Crippen LogP) is 1.93. The number of thiocarbonyl (C=S) groups is 1. The van der Waals surface area contributed by atoms with E-state index in [2.05, 4.69) is 5.32 Å². The molecule has 0 saturated carbocycles. The lowest BCUT2D eigenvalue weighted by Crippen LogP contribution is -2.28. The Labute approximate surface area is 153 Å². The van der Waals surface area contributed by atoms with E-state index in [1.165, 1.54) is 11.8 Å². The lowest BCUT2D eigenvalue weighted by Gasteiger charge is -2.23. The van der Waals surface area contributed by atoms with Gasteiger partial charge in [-0.25, -0.2) is 0 Å². The van der Waals surface area contributed by atoms with Crippen LogP contribution in [0.3, 0.4) is 0 Å². The molecule has 1 heterocycles. The number of benzene rings is 1. The molecule has 0 unspecified atom stereocenters. The van der Waals surface area contributed by atoms with E-state index in [1.54, 1.807) is 35.2 Å². The number of carboxylic acid groups (broad SMARTS) is 2. The number of anilines is 1. The maximum Gasteiger partial charge on any atom is 0.305 e. The van der Waals surface area contributed by atoms with Gasteiger partial charge in [0.1, 0.15) is 4.32 Å². The van der Waals surface area contributed by atoms with E-state index in [0.29, 0.717) is 9.23 Å². The Hall–Kier alpha value is -2.39. The number of hydrogen-bond donors (Lipinski definition) is 3. The summed E-state index contributed by atoms with van der Waals surface area (Å²) >= 11 is 6.12. The Morgan fingerprint density at radius 2 is 1.68 bits per heavy atom. The average Bonchev–Trinajstić information content (AvgIpc) is 2.85. The minimum atomic E-state index is -0.943. The Kier molecular flexibility index (Phi) is 6.54. The molecule has 1 fully saturated rings. The third kappa shape index (κ3) is 5.87. The van der Waals surface area contributed by atoms with Crippen molar-refractivity contribution in [1.29, 1.82) is 0 Å². The maximum atomic E-state index is 11.7. The van der Waals surface area contributed by atoms with Gasteiger partial charge in [-0.3, -0.25) is 14.4 Å². The van der Waals surface area contributed by atoms with Gasteiger partial charge in [0.25, 0.3) is 5.91 Å². The minimum absolute atomic E-state index is 0.0837. The first-order valence-electron chi connectivity index (χ1n) is 7.38. The summed E-state index contributed by atoms with van der Waals surface area (Å²) in [6, 6.07) is 7.11. The second-order valence-electron chi connectivity index (χ2n) is 5.22. The van der Waals surface area contributed by atoms with Crippen molar-refractivity contribution in [3.05, 3.63) is 34.7 Å². The van der Waals surface area contributed by atoms with Crippen molar-refractivity contribution in [2.24, 2.45) is 0 Å². The summed E-state index contributed by atoms with van der Waals surface area (Å²) in [5, 5.41) is 20.2. The van der Waals surface area contributed by atoms with Gasteiger partial charge in [0.05, 0.1) is 17.7 Å². The number of nitrogens with one attached hydrogen (secondary N) is 1. The number of hydrogen-bond acceptors (Lipinski definition) is 6. The number of thioether (sulfide) groups is 1. The first-order valence-corrected chi connectivity index (χ1v) is 8.61. The highest BCUT2D eigenvalue weighted by Crippen LogP contribution is 2.26. The summed E-state index contributed by atoms with van der Waals surface area (Å²) < 4.78 is 0.418. The summed E-state index contributed by atoms with van der Waals surface area (Å²) in [6.45, 7) is 0.436. The number of nitrogens with zero attached hydrogens (tertiary/aromatic N) is 1. The molecular formula is C16H16N2O5S2. The van der Waals surface area contributed by atoms with Gasteiger partial charge >= 0.3 is 11.9 Å². The highest BCUT2D eigenvalue weighted by Gasteiger charge is 2.21. The third-order valence-corrected chi connectivity index (χ3v) is 4.55. The van der Waals surface area contributed by atoms with Crippen LogP contribution in [0.1, 0.15) is 18.4 Å². The van der Waals surface area contributed by atoms with Crippen LogP contribution in [-0.2, 0) is 14.4 Å². The van der Waals surface area contributed by atoms with Gasteiger partial charge in [0.2, 0.25) is 0 Å². The fraction of sp³-hybridized carbons (Fsp3) is 0.250. The highest BCUT2D eigenvalue weighted by molar-refractivity contribution is 8.26. The Morgan fingerprint density at radius 3 is 2.12 bits per heavy atom. The molecule has 132 valence electrons. The molecule has 0 aliphatic carbocycles. The molecule has 25 heavy (non-hydrogen) atoms. The van der Waals surface area contributed by atoms with Gasteiger partial charge < -0.3 is 20.4 Å². The van der Waals surface area contributed by atoms with Gasteiger partial charge in [-0.2, -0.15) is 0 Å². The van der Waals surface area contributed by atoms with Crippen molar-refractivity contribution in [3.8, 4) is 0 Å². The topological polar surface area (TPSA) is 107 Å². The SMILES string of the molecule is O=C(O)CCN(CCC(=O)O)c1ccc(/C=C2\SC(=S)NC2=O)cc1. The van der Waals surface area contributed by atoms with E-state index < -0.39 is 11.9 Å². The molecule has 0 atom stereocenters. The zero-order valence-electron chi connectivity index (χ0n) is 13.1. The third-order valence-electron chi connectivity index (χ3n) is 3.39. The maximum absolute atomic E-state index is 11.7. The summed E-state index contributed by atoms with van der Waals surface area (Å²) in [7, 11) is 0. The number of rotatable bonds is 8. The van der Waals surface area contributed by atoms with Gasteiger partial charge in [-0.05, 0) is 23.8 Å². The Morgan fingerprint density at radius 1 is 1.12 bits per heavy atom. The first-order chi connectivity index (χ1) is 11.8. The van der Waals surface area contributed by atoms with Crippen LogP contribution in [0.5, 0.6) is 0 Å². The normalized spacial score (nSPS) is 15.3. The van der Waals surface area contributed by atoms with Crippen LogP contribution < -0.4 is 10.2 Å². The monoisotopic (exact) mass is 380 g/mol. The van der Waals surface area contributed by atoms with Crippen LogP contribution in [0, 0.1) is 0 Å². The number of aliphatic carboxylic acids is 2. The lowest BCUT2D eigenvalue weighted by molar-refractivity contribution is -0.137. The number of amides is 1. The molecule has 1 aromatic rings. The van der Waals surface area contributed by atoms with E-state index >= 15 is 0 Å². The van der Waals surface area contributed by atoms with Crippen LogP contribution in [0.15, 0.2) is 29.2 Å². The van der Waals surface area contributed by atoms with Crippen molar-refractivity contribution < 1.29 is 24.6 Å². The van der Waals surface area contributed by atoms with Crippen LogP contribution in [0.2, 0.25) is 0 Å². The molecular weight excluding hydrogens is 364 g/mol. The van der Waals surface area contributed by atoms with Gasteiger partial charge in [0.15, 0.2) is 0 Å². The van der Waals surface area contributed by atoms with E-state index in [4.69, 9.17) is 22.4 Å². The van der Waals surface area contributed by atoms with E-state index in [9.17, 15) is 14.4 Å². The second kappa shape index (κ2) is 8.63. The van der Waals surface area contributed by atoms with Crippen molar-refractivity contribution in [2.75, 3.05) is 18.0 Å². The van der Waals surface area contributed by atoms with Crippen molar-refractivity contribution in [2.45, 2.75) is 12.8 Å². The summed E-state index contributed by atoms with van der Waals surface area (Å²) in [5.74, 6) is -2.12. The first kappa shape index (κ1) is 18.9. The predicted molar refractivity (Wildman–Crippen MR) is 99.5 cm³/mol. The number of carboxylic acids is 2. The summed E-state index contributed by atoms with van der Waals surface area (Å²) in [4.78, 5) is 35.4. The van der Waals surface area contributed by atoms with Crippen molar-refractivity contribution in [1.82, 2.24) is 5.32 Å². The van der Waals surface area contributed by atoms with Crippen LogP contribution in [0.25, 0.3) is 6.08 Å². The smallest absolute Gasteiger partial charge is 0.305 e. The molecule has 7 nitrogen and oxygen atoms in total. The van der Waals surface area contributed by atoms with Crippen molar-refractivity contribution >= 4 is 57.9 Å². The molecule has 1 amide bonds. The molecule has 0 radical (unpaired) electrons. The van der Waals surface area contributed by atoms with E-state index in [1.807, 2.05) is 0 Å². The fourth-order valence-electron chi connectivity index (χ4n) is 2.18. The molecule has 3 N–H and O–H groups in total. The standard InChI is InChI=1S/C16H16N2O5S2/c19-13(20)5-7-18(8-6-14(21)22)11-3-1-10(2-4-11)9-12-15(23)17-16(24)25-12/h1-4,9H,5-8H2,(H,19,20)(H,21,22)(H,17,23,24)/b12-9-. The van der Waals surface area contributed by atoms with E-state index in [-0.39, 0.29) is 31.8 Å². The quantitative estimate of drug-likeness (QED) is 0.464. The molecule has 1 aliphatic heterocycles.